The number of piperidine rings is 1. The van der Waals surface area contributed by atoms with Gasteiger partial charge in [0.2, 0.25) is 0 Å². The number of nitrogens with zero attached hydrogens (tertiary/aromatic N) is 3. The Morgan fingerprint density at radius 2 is 2.00 bits per heavy atom. The molecule has 0 saturated carbocycles. The molecule has 3 heterocycles. The van der Waals surface area contributed by atoms with Crippen LogP contribution in [0.5, 0.6) is 0 Å². The van der Waals surface area contributed by atoms with Gasteiger partial charge in [0.25, 0.3) is 5.91 Å². The van der Waals surface area contributed by atoms with Crippen LogP contribution in [0, 0.1) is 0 Å². The molecule has 0 aromatic carbocycles. The summed E-state index contributed by atoms with van der Waals surface area (Å²) in [5.74, 6) is 0.0973. The van der Waals surface area contributed by atoms with Gasteiger partial charge in [-0.15, -0.1) is 11.3 Å². The van der Waals surface area contributed by atoms with E-state index in [9.17, 15) is 4.79 Å². The molecular formula is C14H16N4OS. The van der Waals surface area contributed by atoms with Gasteiger partial charge in [-0.2, -0.15) is 0 Å². The summed E-state index contributed by atoms with van der Waals surface area (Å²) in [5.41, 5.74) is 0.714. The van der Waals surface area contributed by atoms with Crippen molar-refractivity contribution in [2.24, 2.45) is 0 Å². The first-order chi connectivity index (χ1) is 9.83. The molecule has 0 atom stereocenters. The van der Waals surface area contributed by atoms with E-state index in [1.54, 1.807) is 42.1 Å². The van der Waals surface area contributed by atoms with E-state index in [0.29, 0.717) is 11.6 Å². The molecule has 6 heteroatoms. The Morgan fingerprint density at radius 1 is 1.25 bits per heavy atom. The van der Waals surface area contributed by atoms with Crippen LogP contribution in [-0.4, -0.2) is 39.9 Å². The van der Waals surface area contributed by atoms with Crippen molar-refractivity contribution in [1.82, 2.24) is 14.9 Å². The minimum atomic E-state index is 0.0973. The summed E-state index contributed by atoms with van der Waals surface area (Å²) >= 11 is 1.61. The van der Waals surface area contributed by atoms with E-state index in [1.165, 1.54) is 0 Å². The van der Waals surface area contributed by atoms with E-state index in [2.05, 4.69) is 15.3 Å². The summed E-state index contributed by atoms with van der Waals surface area (Å²) in [5, 5.41) is 6.34. The summed E-state index contributed by atoms with van der Waals surface area (Å²) in [6.45, 7) is 1.56. The average molecular weight is 288 g/mol. The quantitative estimate of drug-likeness (QED) is 0.941. The third-order valence-electron chi connectivity index (χ3n) is 3.47. The zero-order valence-corrected chi connectivity index (χ0v) is 11.8. The first-order valence-electron chi connectivity index (χ1n) is 6.68. The fourth-order valence-electron chi connectivity index (χ4n) is 2.37. The molecule has 104 valence electrons. The Kier molecular flexibility index (Phi) is 3.92. The number of aromatic nitrogens is 2. The summed E-state index contributed by atoms with van der Waals surface area (Å²) in [6.07, 6.45) is 7.02. The highest BCUT2D eigenvalue weighted by atomic mass is 32.1. The van der Waals surface area contributed by atoms with Crippen LogP contribution >= 0.6 is 11.3 Å². The van der Waals surface area contributed by atoms with E-state index >= 15 is 0 Å². The van der Waals surface area contributed by atoms with Gasteiger partial charge in [0.15, 0.2) is 5.13 Å². The molecule has 2 aromatic rings. The average Bonchev–Trinajstić information content (AvgIpc) is 3.01. The van der Waals surface area contributed by atoms with Crippen LogP contribution in [0.15, 0.2) is 36.1 Å². The van der Waals surface area contributed by atoms with E-state index in [4.69, 9.17) is 0 Å². The predicted octanol–water partition coefficient (Wildman–Crippen LogP) is 2.25. The maximum Gasteiger partial charge on any atom is 0.253 e. The normalized spacial score (nSPS) is 16.1. The number of anilines is 1. The minimum absolute atomic E-state index is 0.0973. The van der Waals surface area contributed by atoms with Crippen molar-refractivity contribution in [1.29, 1.82) is 0 Å². The van der Waals surface area contributed by atoms with Crippen LogP contribution in [0.3, 0.4) is 0 Å². The Labute approximate surface area is 121 Å². The second kappa shape index (κ2) is 6.00. The van der Waals surface area contributed by atoms with Crippen molar-refractivity contribution in [3.05, 3.63) is 41.7 Å². The van der Waals surface area contributed by atoms with Gasteiger partial charge in [-0.05, 0) is 25.0 Å². The largest absolute Gasteiger partial charge is 0.359 e. The van der Waals surface area contributed by atoms with Gasteiger partial charge in [0.05, 0.1) is 0 Å². The third-order valence-corrected chi connectivity index (χ3v) is 4.17. The van der Waals surface area contributed by atoms with Crippen molar-refractivity contribution in [3.63, 3.8) is 0 Å². The predicted molar refractivity (Wildman–Crippen MR) is 78.9 cm³/mol. The molecule has 5 nitrogen and oxygen atoms in total. The van der Waals surface area contributed by atoms with Crippen LogP contribution in [0.4, 0.5) is 5.13 Å². The van der Waals surface area contributed by atoms with Gasteiger partial charge >= 0.3 is 0 Å². The summed E-state index contributed by atoms with van der Waals surface area (Å²) < 4.78 is 0. The molecule has 0 unspecified atom stereocenters. The van der Waals surface area contributed by atoms with Gasteiger partial charge in [-0.25, -0.2) is 4.98 Å². The smallest absolute Gasteiger partial charge is 0.253 e. The molecule has 0 spiro atoms. The molecule has 1 saturated heterocycles. The highest BCUT2D eigenvalue weighted by Gasteiger charge is 2.23. The lowest BCUT2D eigenvalue weighted by Crippen LogP contribution is -2.42. The number of hydrogen-bond acceptors (Lipinski definition) is 5. The molecule has 1 aliphatic heterocycles. The molecule has 0 aliphatic carbocycles. The highest BCUT2D eigenvalue weighted by molar-refractivity contribution is 7.13. The number of rotatable bonds is 3. The Hall–Kier alpha value is -1.95. The summed E-state index contributed by atoms with van der Waals surface area (Å²) in [7, 11) is 0. The molecule has 2 aromatic heterocycles. The molecule has 1 amide bonds. The standard InChI is InChI=1S/C14H16N4OS/c19-13(11-1-5-15-6-2-11)18-8-3-12(4-9-18)17-14-16-7-10-20-14/h1-2,5-7,10,12H,3-4,8-9H2,(H,16,17). The Bertz CT molecular complexity index is 550. The zero-order chi connectivity index (χ0) is 13.8. The van der Waals surface area contributed by atoms with E-state index in [1.807, 2.05) is 10.3 Å². The van der Waals surface area contributed by atoms with Gasteiger partial charge in [0, 0.05) is 48.7 Å². The summed E-state index contributed by atoms with van der Waals surface area (Å²) in [6, 6.07) is 3.94. The molecule has 1 aliphatic rings. The molecule has 3 rings (SSSR count). The number of carbonyl (C=O) groups excluding carboxylic acids is 1. The highest BCUT2D eigenvalue weighted by Crippen LogP contribution is 2.19. The number of nitrogens with one attached hydrogen (secondary N) is 1. The van der Waals surface area contributed by atoms with Gasteiger partial charge in [-0.1, -0.05) is 0 Å². The summed E-state index contributed by atoms with van der Waals surface area (Å²) in [4.78, 5) is 22.4. The first-order valence-corrected chi connectivity index (χ1v) is 7.56. The van der Waals surface area contributed by atoms with Crippen LogP contribution in [0.2, 0.25) is 0 Å². The number of thiazole rings is 1. The second-order valence-electron chi connectivity index (χ2n) is 4.78. The molecule has 1 fully saturated rings. The number of likely N-dealkylation sites (tertiary alicyclic amines) is 1. The Morgan fingerprint density at radius 3 is 2.65 bits per heavy atom. The molecule has 20 heavy (non-hydrogen) atoms. The number of pyridine rings is 1. The van der Waals surface area contributed by atoms with Crippen LogP contribution < -0.4 is 5.32 Å². The zero-order valence-electron chi connectivity index (χ0n) is 11.0. The second-order valence-corrected chi connectivity index (χ2v) is 5.68. The van der Waals surface area contributed by atoms with Crippen molar-refractivity contribution in [2.45, 2.75) is 18.9 Å². The lowest BCUT2D eigenvalue weighted by atomic mass is 10.0. The van der Waals surface area contributed by atoms with Gasteiger partial charge < -0.3 is 10.2 Å². The number of amides is 1. The third kappa shape index (κ3) is 2.96. The van der Waals surface area contributed by atoms with Crippen LogP contribution in [0.1, 0.15) is 23.2 Å². The van der Waals surface area contributed by atoms with Crippen LogP contribution in [-0.2, 0) is 0 Å². The van der Waals surface area contributed by atoms with E-state index in [-0.39, 0.29) is 5.91 Å². The maximum atomic E-state index is 12.3. The lowest BCUT2D eigenvalue weighted by molar-refractivity contribution is 0.0718. The van der Waals surface area contributed by atoms with E-state index in [0.717, 1.165) is 31.1 Å². The molecular weight excluding hydrogens is 272 g/mol. The van der Waals surface area contributed by atoms with Gasteiger partial charge in [-0.3, -0.25) is 9.78 Å². The Balaban J connectivity index is 1.55. The number of hydrogen-bond donors (Lipinski definition) is 1. The molecule has 0 bridgehead atoms. The monoisotopic (exact) mass is 288 g/mol. The first kappa shape index (κ1) is 13.1. The van der Waals surface area contributed by atoms with Crippen molar-refractivity contribution < 1.29 is 4.79 Å². The fraction of sp³-hybridized carbons (Fsp3) is 0.357. The molecule has 1 N–H and O–H groups in total. The van der Waals surface area contributed by atoms with E-state index < -0.39 is 0 Å². The SMILES string of the molecule is O=C(c1ccncc1)N1CCC(Nc2nccs2)CC1. The van der Waals surface area contributed by atoms with Crippen molar-refractivity contribution in [3.8, 4) is 0 Å². The number of carbonyl (C=O) groups is 1. The van der Waals surface area contributed by atoms with Gasteiger partial charge in [0.1, 0.15) is 0 Å². The molecule has 0 radical (unpaired) electrons. The lowest BCUT2D eigenvalue weighted by Gasteiger charge is -2.32. The maximum absolute atomic E-state index is 12.3. The minimum Gasteiger partial charge on any atom is -0.359 e. The van der Waals surface area contributed by atoms with Crippen molar-refractivity contribution >= 4 is 22.4 Å². The van der Waals surface area contributed by atoms with Crippen LogP contribution in [0.25, 0.3) is 0 Å². The van der Waals surface area contributed by atoms with Crippen molar-refractivity contribution in [2.75, 3.05) is 18.4 Å². The topological polar surface area (TPSA) is 58.1 Å². The fourth-order valence-corrected chi connectivity index (χ4v) is 2.98.